The number of rotatable bonds is 3. The summed E-state index contributed by atoms with van der Waals surface area (Å²) in [5.74, 6) is 0.378. The van der Waals surface area contributed by atoms with Crippen LogP contribution in [-0.2, 0) is 0 Å². The van der Waals surface area contributed by atoms with Gasteiger partial charge in [-0.2, -0.15) is 0 Å². The second-order valence-electron chi connectivity index (χ2n) is 4.70. The molecule has 1 N–H and O–H groups in total. The number of carbonyl (C=O) groups excluding carboxylic acids is 1. The predicted molar refractivity (Wildman–Crippen MR) is 78.5 cm³/mol. The molecule has 2 nitrogen and oxygen atoms in total. The Morgan fingerprint density at radius 3 is 2.61 bits per heavy atom. The molecule has 0 bridgehead atoms. The molecule has 0 atom stereocenters. The summed E-state index contributed by atoms with van der Waals surface area (Å²) in [6.45, 7) is 0. The van der Waals surface area contributed by atoms with E-state index in [1.165, 1.54) is 0 Å². The van der Waals surface area contributed by atoms with E-state index in [9.17, 15) is 4.79 Å². The Kier molecular flexibility index (Phi) is 4.57. The van der Waals surface area contributed by atoms with Gasteiger partial charge in [0.1, 0.15) is 0 Å². The van der Waals surface area contributed by atoms with Crippen molar-refractivity contribution in [2.24, 2.45) is 0 Å². The Morgan fingerprint density at radius 2 is 2.06 bits per heavy atom. The highest BCUT2D eigenvalue weighted by molar-refractivity contribution is 9.10. The molecule has 98 valence electrons. The van der Waals surface area contributed by atoms with Gasteiger partial charge in [-0.15, -0.1) is 11.6 Å². The number of amides is 1. The van der Waals surface area contributed by atoms with E-state index in [4.69, 9.17) is 23.2 Å². The maximum absolute atomic E-state index is 12.2. The van der Waals surface area contributed by atoms with Crippen LogP contribution in [0.15, 0.2) is 22.7 Å². The van der Waals surface area contributed by atoms with Gasteiger partial charge < -0.3 is 5.32 Å². The third-order valence-corrected chi connectivity index (χ3v) is 5.10. The van der Waals surface area contributed by atoms with Gasteiger partial charge in [0.05, 0.1) is 10.6 Å². The molecular formula is C13H14BrCl2NO. The summed E-state index contributed by atoms with van der Waals surface area (Å²) in [5.41, 5.74) is 0.368. The predicted octanol–water partition coefficient (Wildman–Crippen LogP) is 4.38. The van der Waals surface area contributed by atoms with Crippen molar-refractivity contribution in [2.75, 3.05) is 5.88 Å². The van der Waals surface area contributed by atoms with Gasteiger partial charge in [-0.3, -0.25) is 4.79 Å². The fourth-order valence-corrected chi connectivity index (χ4v) is 3.12. The smallest absolute Gasteiger partial charge is 0.251 e. The van der Waals surface area contributed by atoms with Gasteiger partial charge in [-0.25, -0.2) is 0 Å². The van der Waals surface area contributed by atoms with Crippen LogP contribution in [0.3, 0.4) is 0 Å². The molecule has 18 heavy (non-hydrogen) atoms. The molecule has 0 spiro atoms. The number of halogens is 3. The molecule has 1 saturated carbocycles. The number of hydrogen-bond acceptors (Lipinski definition) is 1. The van der Waals surface area contributed by atoms with Crippen LogP contribution in [0.5, 0.6) is 0 Å². The molecular weight excluding hydrogens is 337 g/mol. The summed E-state index contributed by atoms with van der Waals surface area (Å²) in [7, 11) is 0. The van der Waals surface area contributed by atoms with Crippen LogP contribution < -0.4 is 5.32 Å². The number of hydrogen-bond donors (Lipinski definition) is 1. The van der Waals surface area contributed by atoms with E-state index in [1.54, 1.807) is 18.2 Å². The van der Waals surface area contributed by atoms with Crippen LogP contribution in [0.4, 0.5) is 0 Å². The lowest BCUT2D eigenvalue weighted by Crippen LogP contribution is -2.47. The molecule has 1 fully saturated rings. The molecule has 1 aliphatic rings. The number of nitrogens with one attached hydrogen (secondary N) is 1. The maximum atomic E-state index is 12.2. The highest BCUT2D eigenvalue weighted by atomic mass is 79.9. The molecule has 1 aromatic carbocycles. The highest BCUT2D eigenvalue weighted by Crippen LogP contribution is 2.31. The highest BCUT2D eigenvalue weighted by Gasteiger charge is 2.34. The Labute approximate surface area is 125 Å². The number of alkyl halides is 1. The standard InChI is InChI=1S/C13H14BrCl2NO/c14-10-7-9(3-4-11(10)16)12(18)17-13(8-15)5-1-2-6-13/h3-4,7H,1-2,5-6,8H2,(H,17,18). The van der Waals surface area contributed by atoms with Crippen LogP contribution in [0.25, 0.3) is 0 Å². The topological polar surface area (TPSA) is 29.1 Å². The molecule has 0 radical (unpaired) electrons. The minimum atomic E-state index is -0.231. The van der Waals surface area contributed by atoms with Crippen LogP contribution in [0.1, 0.15) is 36.0 Å². The van der Waals surface area contributed by atoms with Crippen LogP contribution in [0, 0.1) is 0 Å². The molecule has 5 heteroatoms. The monoisotopic (exact) mass is 349 g/mol. The summed E-state index contributed by atoms with van der Waals surface area (Å²) in [5, 5.41) is 3.67. The lowest BCUT2D eigenvalue weighted by Gasteiger charge is -2.27. The zero-order valence-electron chi connectivity index (χ0n) is 9.81. The SMILES string of the molecule is O=C(NC1(CCl)CCCC1)c1ccc(Cl)c(Br)c1. The Morgan fingerprint density at radius 1 is 1.39 bits per heavy atom. The van der Waals surface area contributed by atoms with Gasteiger partial charge in [0.25, 0.3) is 5.91 Å². The Balaban J connectivity index is 2.13. The molecule has 0 heterocycles. The molecule has 1 aromatic rings. The van der Waals surface area contributed by atoms with E-state index in [1.807, 2.05) is 0 Å². The first-order valence-electron chi connectivity index (χ1n) is 5.90. The lowest BCUT2D eigenvalue weighted by atomic mass is 9.99. The van der Waals surface area contributed by atoms with Crippen molar-refractivity contribution in [3.05, 3.63) is 33.3 Å². The number of carbonyl (C=O) groups is 1. The van der Waals surface area contributed by atoms with E-state index in [0.717, 1.165) is 30.2 Å². The van der Waals surface area contributed by atoms with E-state index in [0.29, 0.717) is 16.5 Å². The van der Waals surface area contributed by atoms with E-state index < -0.39 is 0 Å². The first kappa shape index (κ1) is 14.2. The van der Waals surface area contributed by atoms with Gasteiger partial charge in [0.2, 0.25) is 0 Å². The summed E-state index contributed by atoms with van der Waals surface area (Å²) < 4.78 is 0.725. The van der Waals surface area contributed by atoms with Crippen molar-refractivity contribution in [1.82, 2.24) is 5.32 Å². The van der Waals surface area contributed by atoms with E-state index >= 15 is 0 Å². The van der Waals surface area contributed by atoms with Gasteiger partial charge in [-0.1, -0.05) is 24.4 Å². The summed E-state index contributed by atoms with van der Waals surface area (Å²) in [4.78, 5) is 12.2. The van der Waals surface area contributed by atoms with Crippen molar-refractivity contribution < 1.29 is 4.79 Å². The van der Waals surface area contributed by atoms with Gasteiger partial charge >= 0.3 is 0 Å². The van der Waals surface area contributed by atoms with Gasteiger partial charge in [-0.05, 0) is 47.0 Å². The quantitative estimate of drug-likeness (QED) is 0.805. The largest absolute Gasteiger partial charge is 0.345 e. The van der Waals surface area contributed by atoms with Crippen LogP contribution in [0.2, 0.25) is 5.02 Å². The van der Waals surface area contributed by atoms with Crippen molar-refractivity contribution in [3.8, 4) is 0 Å². The third-order valence-electron chi connectivity index (χ3n) is 3.38. The van der Waals surface area contributed by atoms with Gasteiger partial charge in [0.15, 0.2) is 0 Å². The number of benzene rings is 1. The summed E-state index contributed by atoms with van der Waals surface area (Å²) in [6.07, 6.45) is 4.16. The second kappa shape index (κ2) is 5.81. The Bertz CT molecular complexity index is 458. The fraction of sp³-hybridized carbons (Fsp3) is 0.462. The second-order valence-corrected chi connectivity index (χ2v) is 6.23. The van der Waals surface area contributed by atoms with Crippen molar-refractivity contribution >= 4 is 45.0 Å². The molecule has 1 amide bonds. The normalized spacial score (nSPS) is 17.7. The zero-order valence-corrected chi connectivity index (χ0v) is 12.9. The summed E-state index contributed by atoms with van der Waals surface area (Å²) >= 11 is 15.2. The molecule has 1 aliphatic carbocycles. The summed E-state index contributed by atoms with van der Waals surface area (Å²) in [6, 6.07) is 5.16. The van der Waals surface area contributed by atoms with Crippen LogP contribution >= 0.6 is 39.1 Å². The Hall–Kier alpha value is -0.250. The zero-order chi connectivity index (χ0) is 13.2. The molecule has 0 unspecified atom stereocenters. The fourth-order valence-electron chi connectivity index (χ4n) is 2.29. The van der Waals surface area contributed by atoms with Crippen molar-refractivity contribution in [3.63, 3.8) is 0 Å². The first-order valence-corrected chi connectivity index (χ1v) is 7.60. The minimum absolute atomic E-state index is 0.0880. The van der Waals surface area contributed by atoms with Crippen molar-refractivity contribution in [2.45, 2.75) is 31.2 Å². The molecule has 0 aromatic heterocycles. The average molecular weight is 351 g/mol. The van der Waals surface area contributed by atoms with E-state index in [-0.39, 0.29) is 11.4 Å². The van der Waals surface area contributed by atoms with Crippen molar-refractivity contribution in [1.29, 1.82) is 0 Å². The van der Waals surface area contributed by atoms with Gasteiger partial charge in [0, 0.05) is 15.9 Å². The lowest BCUT2D eigenvalue weighted by molar-refractivity contribution is 0.0909. The minimum Gasteiger partial charge on any atom is -0.345 e. The molecule has 2 rings (SSSR count). The van der Waals surface area contributed by atoms with Crippen LogP contribution in [-0.4, -0.2) is 17.3 Å². The first-order chi connectivity index (χ1) is 8.56. The third kappa shape index (κ3) is 3.01. The molecule has 0 aliphatic heterocycles. The van der Waals surface area contributed by atoms with E-state index in [2.05, 4.69) is 21.2 Å². The molecule has 0 saturated heterocycles. The maximum Gasteiger partial charge on any atom is 0.251 e. The average Bonchev–Trinajstić information content (AvgIpc) is 2.82.